The van der Waals surface area contributed by atoms with Gasteiger partial charge in [-0.3, -0.25) is 9.78 Å². The van der Waals surface area contributed by atoms with E-state index in [1.807, 2.05) is 18.2 Å². The molecule has 0 saturated carbocycles. The van der Waals surface area contributed by atoms with E-state index in [9.17, 15) is 9.59 Å². The smallest absolute Gasteiger partial charge is 0.359 e. The SMILES string of the molecule is O=C(COC(=O)c1cnccn1)N[C@@H]1CCCc2ccccc21. The lowest BCUT2D eigenvalue weighted by Crippen LogP contribution is -2.34. The number of carbonyl (C=O) groups excluding carboxylic acids is 2. The molecule has 0 fully saturated rings. The summed E-state index contributed by atoms with van der Waals surface area (Å²) in [5, 5.41) is 2.93. The molecule has 1 aromatic heterocycles. The number of hydrogen-bond acceptors (Lipinski definition) is 5. The molecule has 6 heteroatoms. The minimum atomic E-state index is -0.655. The minimum Gasteiger partial charge on any atom is -0.451 e. The maximum absolute atomic E-state index is 12.0. The molecule has 0 bridgehead atoms. The summed E-state index contributed by atoms with van der Waals surface area (Å²) in [7, 11) is 0. The number of aromatic nitrogens is 2. The standard InChI is InChI=1S/C17H17N3O3/c21-16(11-23-17(22)15-10-18-8-9-19-15)20-14-7-3-5-12-4-1-2-6-13(12)14/h1-2,4,6,8-10,14H,3,5,7,11H2,(H,20,21)/t14-/m1/s1. The van der Waals surface area contributed by atoms with Crippen LogP contribution >= 0.6 is 0 Å². The van der Waals surface area contributed by atoms with Gasteiger partial charge < -0.3 is 10.1 Å². The number of nitrogens with zero attached hydrogens (tertiary/aromatic N) is 2. The normalized spacial score (nSPS) is 16.3. The lowest BCUT2D eigenvalue weighted by atomic mass is 9.88. The lowest BCUT2D eigenvalue weighted by molar-refractivity contribution is -0.125. The molecule has 1 amide bonds. The van der Waals surface area contributed by atoms with Crippen LogP contribution in [0.1, 0.15) is 40.5 Å². The summed E-state index contributed by atoms with van der Waals surface area (Å²) in [5.41, 5.74) is 2.50. The second kappa shape index (κ2) is 7.00. The number of aryl methyl sites for hydroxylation is 1. The molecule has 6 nitrogen and oxygen atoms in total. The summed E-state index contributed by atoms with van der Waals surface area (Å²) in [6.45, 7) is -0.325. The number of hydrogen-bond donors (Lipinski definition) is 1. The minimum absolute atomic E-state index is 0.0253. The number of benzene rings is 1. The zero-order valence-corrected chi connectivity index (χ0v) is 12.6. The first-order valence-electron chi connectivity index (χ1n) is 7.54. The van der Waals surface area contributed by atoms with Crippen LogP contribution in [-0.2, 0) is 16.0 Å². The molecule has 3 rings (SSSR count). The van der Waals surface area contributed by atoms with Crippen molar-refractivity contribution in [3.8, 4) is 0 Å². The maximum atomic E-state index is 12.0. The van der Waals surface area contributed by atoms with E-state index in [0.717, 1.165) is 24.8 Å². The highest BCUT2D eigenvalue weighted by atomic mass is 16.5. The third-order valence-corrected chi connectivity index (χ3v) is 3.81. The van der Waals surface area contributed by atoms with Crippen molar-refractivity contribution < 1.29 is 14.3 Å². The first kappa shape index (κ1) is 15.1. The zero-order valence-electron chi connectivity index (χ0n) is 12.6. The monoisotopic (exact) mass is 311 g/mol. The van der Waals surface area contributed by atoms with Crippen LogP contribution in [0.3, 0.4) is 0 Å². The second-order valence-electron chi connectivity index (χ2n) is 5.38. The second-order valence-corrected chi connectivity index (χ2v) is 5.38. The Bertz CT molecular complexity index is 703. The van der Waals surface area contributed by atoms with E-state index < -0.39 is 5.97 Å². The highest BCUT2D eigenvalue weighted by Crippen LogP contribution is 2.29. The van der Waals surface area contributed by atoms with Gasteiger partial charge >= 0.3 is 5.97 Å². The molecular weight excluding hydrogens is 294 g/mol. The van der Waals surface area contributed by atoms with Crippen LogP contribution in [0.4, 0.5) is 0 Å². The van der Waals surface area contributed by atoms with Crippen LogP contribution in [0.5, 0.6) is 0 Å². The van der Waals surface area contributed by atoms with E-state index in [1.165, 1.54) is 24.2 Å². The first-order valence-corrected chi connectivity index (χ1v) is 7.54. The van der Waals surface area contributed by atoms with Gasteiger partial charge in [0, 0.05) is 12.4 Å². The first-order chi connectivity index (χ1) is 11.2. The maximum Gasteiger partial charge on any atom is 0.359 e. The fourth-order valence-electron chi connectivity index (χ4n) is 2.75. The van der Waals surface area contributed by atoms with E-state index in [1.54, 1.807) is 0 Å². The van der Waals surface area contributed by atoms with Crippen molar-refractivity contribution >= 4 is 11.9 Å². The molecule has 1 aliphatic rings. The molecule has 2 aromatic rings. The Hall–Kier alpha value is -2.76. The Kier molecular flexibility index (Phi) is 4.61. The fourth-order valence-corrected chi connectivity index (χ4v) is 2.75. The molecule has 0 saturated heterocycles. The van der Waals surface area contributed by atoms with Gasteiger partial charge in [-0.1, -0.05) is 24.3 Å². The zero-order chi connectivity index (χ0) is 16.1. The van der Waals surface area contributed by atoms with Crippen molar-refractivity contribution in [1.82, 2.24) is 15.3 Å². The molecule has 1 aliphatic carbocycles. The van der Waals surface area contributed by atoms with Crippen LogP contribution in [0.2, 0.25) is 0 Å². The van der Waals surface area contributed by atoms with Crippen LogP contribution in [0, 0.1) is 0 Å². The van der Waals surface area contributed by atoms with Crippen molar-refractivity contribution in [2.75, 3.05) is 6.61 Å². The van der Waals surface area contributed by atoms with Crippen molar-refractivity contribution in [3.63, 3.8) is 0 Å². The molecule has 1 atom stereocenters. The van der Waals surface area contributed by atoms with Crippen molar-refractivity contribution in [3.05, 3.63) is 59.7 Å². The van der Waals surface area contributed by atoms with Gasteiger partial charge in [-0.05, 0) is 30.4 Å². The van der Waals surface area contributed by atoms with Crippen molar-refractivity contribution in [1.29, 1.82) is 0 Å². The van der Waals surface area contributed by atoms with Gasteiger partial charge in [-0.15, -0.1) is 0 Å². The van der Waals surface area contributed by atoms with Crippen LogP contribution in [0.25, 0.3) is 0 Å². The number of nitrogens with one attached hydrogen (secondary N) is 1. The van der Waals surface area contributed by atoms with Gasteiger partial charge in [0.15, 0.2) is 12.3 Å². The summed E-state index contributed by atoms with van der Waals surface area (Å²) < 4.78 is 4.97. The van der Waals surface area contributed by atoms with Crippen molar-refractivity contribution in [2.45, 2.75) is 25.3 Å². The molecule has 0 unspecified atom stereocenters. The highest BCUT2D eigenvalue weighted by molar-refractivity contribution is 5.89. The van der Waals surface area contributed by atoms with E-state index in [0.29, 0.717) is 0 Å². The van der Waals surface area contributed by atoms with Gasteiger partial charge in [-0.2, -0.15) is 0 Å². The van der Waals surface area contributed by atoms with Crippen LogP contribution < -0.4 is 5.32 Å². The van der Waals surface area contributed by atoms with Gasteiger partial charge in [0.2, 0.25) is 0 Å². The van der Waals surface area contributed by atoms with E-state index in [-0.39, 0.29) is 24.2 Å². The number of rotatable bonds is 4. The highest BCUT2D eigenvalue weighted by Gasteiger charge is 2.22. The summed E-state index contributed by atoms with van der Waals surface area (Å²) in [5.74, 6) is -0.971. The molecule has 1 heterocycles. The summed E-state index contributed by atoms with van der Waals surface area (Å²) in [4.78, 5) is 31.4. The van der Waals surface area contributed by atoms with Crippen LogP contribution in [-0.4, -0.2) is 28.5 Å². The van der Waals surface area contributed by atoms with E-state index >= 15 is 0 Å². The quantitative estimate of drug-likeness (QED) is 0.871. The molecular formula is C17H17N3O3. The predicted octanol–water partition coefficient (Wildman–Crippen LogP) is 1.83. The molecule has 1 aromatic carbocycles. The van der Waals surface area contributed by atoms with Gasteiger partial charge in [0.05, 0.1) is 12.2 Å². The van der Waals surface area contributed by atoms with Gasteiger partial charge in [0.1, 0.15) is 0 Å². The topological polar surface area (TPSA) is 81.2 Å². The predicted molar refractivity (Wildman–Crippen MR) is 82.6 cm³/mol. The molecule has 23 heavy (non-hydrogen) atoms. The Labute approximate surface area is 133 Å². The largest absolute Gasteiger partial charge is 0.451 e. The molecule has 0 radical (unpaired) electrons. The van der Waals surface area contributed by atoms with E-state index in [4.69, 9.17) is 4.74 Å². The van der Waals surface area contributed by atoms with Gasteiger partial charge in [-0.25, -0.2) is 9.78 Å². The third-order valence-electron chi connectivity index (χ3n) is 3.81. The van der Waals surface area contributed by atoms with Gasteiger partial charge in [0.25, 0.3) is 5.91 Å². The molecule has 0 aliphatic heterocycles. The number of amides is 1. The Morgan fingerprint density at radius 1 is 1.26 bits per heavy atom. The lowest BCUT2D eigenvalue weighted by Gasteiger charge is -2.26. The number of carbonyl (C=O) groups is 2. The molecule has 118 valence electrons. The summed E-state index contributed by atoms with van der Waals surface area (Å²) >= 11 is 0. The summed E-state index contributed by atoms with van der Waals surface area (Å²) in [6.07, 6.45) is 7.11. The Balaban J connectivity index is 1.55. The fraction of sp³-hybridized carbons (Fsp3) is 0.294. The average molecular weight is 311 g/mol. The van der Waals surface area contributed by atoms with Crippen LogP contribution in [0.15, 0.2) is 42.9 Å². The van der Waals surface area contributed by atoms with E-state index in [2.05, 4.69) is 21.4 Å². The summed E-state index contributed by atoms with van der Waals surface area (Å²) in [6, 6.07) is 8.07. The molecule has 1 N–H and O–H groups in total. The number of fused-ring (bicyclic) bond motifs is 1. The number of ether oxygens (including phenoxy) is 1. The Morgan fingerprint density at radius 2 is 2.13 bits per heavy atom. The molecule has 0 spiro atoms. The Morgan fingerprint density at radius 3 is 2.96 bits per heavy atom. The van der Waals surface area contributed by atoms with Crippen molar-refractivity contribution in [2.24, 2.45) is 0 Å². The third kappa shape index (κ3) is 3.71. The average Bonchev–Trinajstić information content (AvgIpc) is 2.61. The number of esters is 1.